The zero-order valence-corrected chi connectivity index (χ0v) is 17.1. The molecule has 4 rings (SSSR count). The predicted octanol–water partition coefficient (Wildman–Crippen LogP) is 4.63. The van der Waals surface area contributed by atoms with Crippen LogP contribution in [0.1, 0.15) is 31.4 Å². The van der Waals surface area contributed by atoms with Crippen LogP contribution in [0.15, 0.2) is 40.9 Å². The Bertz CT molecular complexity index is 949. The van der Waals surface area contributed by atoms with Crippen molar-refractivity contribution in [3.63, 3.8) is 0 Å². The summed E-state index contributed by atoms with van der Waals surface area (Å²) in [6.07, 6.45) is 3.46. The Morgan fingerprint density at radius 2 is 2.15 bits per heavy atom. The Kier molecular flexibility index (Phi) is 5.31. The minimum atomic E-state index is -0.260. The average molecular weight is 399 g/mol. The molecule has 7 heteroatoms. The van der Waals surface area contributed by atoms with Crippen molar-refractivity contribution in [3.05, 3.63) is 46.8 Å². The molecule has 3 aromatic rings. The van der Waals surface area contributed by atoms with E-state index < -0.39 is 0 Å². The lowest BCUT2D eigenvalue weighted by molar-refractivity contribution is -0.115. The van der Waals surface area contributed by atoms with Crippen LogP contribution in [0.4, 0.5) is 5.69 Å². The Morgan fingerprint density at radius 1 is 1.30 bits per heavy atom. The van der Waals surface area contributed by atoms with Gasteiger partial charge in [0, 0.05) is 12.2 Å². The van der Waals surface area contributed by atoms with Crippen LogP contribution in [0.5, 0.6) is 0 Å². The molecule has 0 bridgehead atoms. The Labute approximate surface area is 167 Å². The molecule has 0 saturated heterocycles. The van der Waals surface area contributed by atoms with Gasteiger partial charge in [-0.05, 0) is 67.8 Å². The number of benzene rings is 1. The highest BCUT2D eigenvalue weighted by Crippen LogP contribution is 2.30. The molecule has 2 aromatic heterocycles. The number of hydrogen-bond donors (Lipinski definition) is 1. The van der Waals surface area contributed by atoms with Crippen LogP contribution in [-0.4, -0.2) is 25.9 Å². The molecule has 0 radical (unpaired) electrons. The van der Waals surface area contributed by atoms with Gasteiger partial charge in [-0.25, -0.2) is 0 Å². The van der Waals surface area contributed by atoms with E-state index in [0.717, 1.165) is 40.9 Å². The summed E-state index contributed by atoms with van der Waals surface area (Å²) in [5.74, 6) is 0.850. The summed E-state index contributed by atoms with van der Waals surface area (Å²) in [4.78, 5) is 13.8. The highest BCUT2D eigenvalue weighted by atomic mass is 32.2. The van der Waals surface area contributed by atoms with Crippen molar-refractivity contribution in [3.8, 4) is 10.7 Å². The molecule has 5 nitrogen and oxygen atoms in total. The van der Waals surface area contributed by atoms with E-state index in [1.54, 1.807) is 11.3 Å². The number of aromatic nitrogens is 3. The smallest absolute Gasteiger partial charge is 0.237 e. The lowest BCUT2D eigenvalue weighted by atomic mass is 10.1. The monoisotopic (exact) mass is 398 g/mol. The number of nitrogens with one attached hydrogen (secondary N) is 1. The maximum Gasteiger partial charge on any atom is 0.237 e. The topological polar surface area (TPSA) is 59.8 Å². The van der Waals surface area contributed by atoms with Crippen LogP contribution >= 0.6 is 23.1 Å². The van der Waals surface area contributed by atoms with Crippen LogP contribution in [0.25, 0.3) is 10.7 Å². The summed E-state index contributed by atoms with van der Waals surface area (Å²) in [6, 6.07) is 10.3. The van der Waals surface area contributed by atoms with Crippen molar-refractivity contribution in [1.82, 2.24) is 14.8 Å². The number of thiophene rings is 1. The first-order chi connectivity index (χ1) is 13.2. The highest BCUT2D eigenvalue weighted by molar-refractivity contribution is 8.00. The van der Waals surface area contributed by atoms with Crippen molar-refractivity contribution in [2.24, 2.45) is 0 Å². The largest absolute Gasteiger partial charge is 0.325 e. The molecule has 1 N–H and O–H groups in total. The molecule has 27 heavy (non-hydrogen) atoms. The molecule has 1 aliphatic rings. The lowest BCUT2D eigenvalue weighted by Gasteiger charge is -2.13. The average Bonchev–Trinajstić information content (AvgIpc) is 3.41. The van der Waals surface area contributed by atoms with Gasteiger partial charge in [0.2, 0.25) is 5.91 Å². The van der Waals surface area contributed by atoms with Crippen LogP contribution in [0.2, 0.25) is 0 Å². The molecule has 1 atom stereocenters. The third-order valence-electron chi connectivity index (χ3n) is 4.79. The molecular formula is C20H22N4OS2. The summed E-state index contributed by atoms with van der Waals surface area (Å²) in [7, 11) is 0. The first-order valence-corrected chi connectivity index (χ1v) is 11.0. The number of hydrogen-bond acceptors (Lipinski definition) is 5. The predicted molar refractivity (Wildman–Crippen MR) is 111 cm³/mol. The van der Waals surface area contributed by atoms with Crippen molar-refractivity contribution in [1.29, 1.82) is 0 Å². The van der Waals surface area contributed by atoms with Gasteiger partial charge in [0.15, 0.2) is 11.0 Å². The Balaban J connectivity index is 1.46. The van der Waals surface area contributed by atoms with Gasteiger partial charge in [0.25, 0.3) is 0 Å². The van der Waals surface area contributed by atoms with Gasteiger partial charge in [0.05, 0.1) is 10.1 Å². The van der Waals surface area contributed by atoms with E-state index in [1.165, 1.54) is 29.3 Å². The first-order valence-electron chi connectivity index (χ1n) is 9.22. The number of anilines is 1. The number of fused-ring (bicyclic) bond motifs is 1. The SMILES string of the molecule is CCn1c(S[C@H](C)C(=O)Nc2ccc3c(c2)CCC3)nnc1-c1cccs1. The fourth-order valence-electron chi connectivity index (χ4n) is 3.35. The zero-order valence-electron chi connectivity index (χ0n) is 15.4. The van der Waals surface area contributed by atoms with Crippen LogP contribution in [0, 0.1) is 0 Å². The zero-order chi connectivity index (χ0) is 18.8. The second-order valence-corrected chi connectivity index (χ2v) is 8.87. The van der Waals surface area contributed by atoms with E-state index in [1.807, 2.05) is 30.5 Å². The quantitative estimate of drug-likeness (QED) is 0.615. The molecule has 0 fully saturated rings. The Hall–Kier alpha value is -2.12. The number of amides is 1. The Morgan fingerprint density at radius 3 is 2.93 bits per heavy atom. The summed E-state index contributed by atoms with van der Waals surface area (Å²) in [5, 5.41) is 14.3. The first kappa shape index (κ1) is 18.3. The summed E-state index contributed by atoms with van der Waals surface area (Å²) in [6.45, 7) is 4.74. The third kappa shape index (κ3) is 3.80. The van der Waals surface area contributed by atoms with Gasteiger partial charge in [0.1, 0.15) is 0 Å². The molecule has 0 aliphatic heterocycles. The van der Waals surface area contributed by atoms with E-state index in [0.29, 0.717) is 0 Å². The molecule has 1 aromatic carbocycles. The molecule has 140 valence electrons. The lowest BCUT2D eigenvalue weighted by Crippen LogP contribution is -2.23. The van der Waals surface area contributed by atoms with Gasteiger partial charge < -0.3 is 9.88 Å². The fourth-order valence-corrected chi connectivity index (χ4v) is 4.98. The van der Waals surface area contributed by atoms with E-state index in [-0.39, 0.29) is 11.2 Å². The van der Waals surface area contributed by atoms with Crippen molar-refractivity contribution >= 4 is 34.7 Å². The minimum Gasteiger partial charge on any atom is -0.325 e. The van der Waals surface area contributed by atoms with Crippen molar-refractivity contribution in [2.75, 3.05) is 5.32 Å². The highest BCUT2D eigenvalue weighted by Gasteiger charge is 2.21. The van der Waals surface area contributed by atoms with Crippen molar-refractivity contribution in [2.45, 2.75) is 50.1 Å². The minimum absolute atomic E-state index is 0.0127. The van der Waals surface area contributed by atoms with Crippen LogP contribution in [-0.2, 0) is 24.2 Å². The van der Waals surface area contributed by atoms with Crippen molar-refractivity contribution < 1.29 is 4.79 Å². The number of thioether (sulfide) groups is 1. The maximum absolute atomic E-state index is 12.7. The third-order valence-corrected chi connectivity index (χ3v) is 6.74. The van der Waals surface area contributed by atoms with Crippen LogP contribution in [0.3, 0.4) is 0 Å². The van der Waals surface area contributed by atoms with Crippen LogP contribution < -0.4 is 5.32 Å². The molecule has 1 aliphatic carbocycles. The van der Waals surface area contributed by atoms with E-state index in [4.69, 9.17) is 0 Å². The standard InChI is InChI=1S/C20H22N4OS2/c1-3-24-18(17-8-5-11-26-17)22-23-20(24)27-13(2)19(25)21-16-10-9-14-6-4-7-15(14)12-16/h5,8-13H,3-4,6-7H2,1-2H3,(H,21,25)/t13-/m1/s1. The van der Waals surface area contributed by atoms with E-state index >= 15 is 0 Å². The second kappa shape index (κ2) is 7.86. The van der Waals surface area contributed by atoms with E-state index in [2.05, 4.69) is 39.1 Å². The number of rotatable bonds is 6. The van der Waals surface area contributed by atoms with Gasteiger partial charge in [-0.3, -0.25) is 4.79 Å². The number of aryl methyl sites for hydroxylation is 2. The summed E-state index contributed by atoms with van der Waals surface area (Å²) < 4.78 is 2.07. The molecule has 0 spiro atoms. The molecule has 1 amide bonds. The maximum atomic E-state index is 12.7. The van der Waals surface area contributed by atoms with Gasteiger partial charge in [-0.15, -0.1) is 21.5 Å². The van der Waals surface area contributed by atoms with Gasteiger partial charge >= 0.3 is 0 Å². The number of carbonyl (C=O) groups is 1. The second-order valence-electron chi connectivity index (χ2n) is 6.61. The van der Waals surface area contributed by atoms with Gasteiger partial charge in [-0.2, -0.15) is 0 Å². The molecule has 2 heterocycles. The molecule has 0 saturated carbocycles. The number of nitrogens with zero attached hydrogens (tertiary/aromatic N) is 3. The van der Waals surface area contributed by atoms with Gasteiger partial charge in [-0.1, -0.05) is 23.9 Å². The molecule has 0 unspecified atom stereocenters. The summed E-state index contributed by atoms with van der Waals surface area (Å²) in [5.41, 5.74) is 3.65. The van der Waals surface area contributed by atoms with E-state index in [9.17, 15) is 4.79 Å². The number of carbonyl (C=O) groups excluding carboxylic acids is 1. The molecular weight excluding hydrogens is 376 g/mol. The summed E-state index contributed by atoms with van der Waals surface area (Å²) >= 11 is 3.09. The normalized spacial score (nSPS) is 14.1. The fraction of sp³-hybridized carbons (Fsp3) is 0.350.